The molecule has 2 rings (SSSR count). The van der Waals surface area contributed by atoms with E-state index in [9.17, 15) is 9.59 Å². The van der Waals surface area contributed by atoms with Crippen LogP contribution in [-0.2, 0) is 4.79 Å². The summed E-state index contributed by atoms with van der Waals surface area (Å²) in [5.74, 6) is -0.332. The molecule has 3 amide bonds. The van der Waals surface area contributed by atoms with Crippen LogP contribution >= 0.6 is 15.9 Å². The molecular weight excluding hydrogens is 382 g/mol. The van der Waals surface area contributed by atoms with E-state index in [1.807, 2.05) is 59.9 Å². The Bertz CT molecular complexity index is 704. The van der Waals surface area contributed by atoms with E-state index in [1.165, 1.54) is 7.05 Å². The molecule has 132 valence electrons. The molecule has 0 fully saturated rings. The highest BCUT2D eigenvalue weighted by molar-refractivity contribution is 9.10. The van der Waals surface area contributed by atoms with Crippen molar-refractivity contribution in [2.75, 3.05) is 7.05 Å². The van der Waals surface area contributed by atoms with Crippen molar-refractivity contribution < 1.29 is 14.9 Å². The SMILES string of the molecule is CC[C@H]([NH2+][C@H](C(=O)NC(=O)NC)c1ccccc1)c1ccc(Br)cc1. The average molecular weight is 405 g/mol. The highest BCUT2D eigenvalue weighted by Gasteiger charge is 2.29. The summed E-state index contributed by atoms with van der Waals surface area (Å²) in [6.45, 7) is 2.09. The van der Waals surface area contributed by atoms with Gasteiger partial charge >= 0.3 is 6.03 Å². The standard InChI is InChI=1S/C19H22BrN3O2/c1-3-16(13-9-11-15(20)12-10-13)22-17(14-7-5-4-6-8-14)18(24)23-19(25)21-2/h4-12,16-17,22H,3H2,1-2H3,(H2,21,23,24,25)/p+1/t16-,17-/m0/s1. The Kier molecular flexibility index (Phi) is 7.16. The zero-order chi connectivity index (χ0) is 18.2. The number of nitrogens with two attached hydrogens (primary N) is 1. The van der Waals surface area contributed by atoms with Gasteiger partial charge in [0.1, 0.15) is 6.04 Å². The molecule has 0 unspecified atom stereocenters. The molecule has 0 bridgehead atoms. The number of carbonyl (C=O) groups excluding carboxylic acids is 2. The van der Waals surface area contributed by atoms with E-state index >= 15 is 0 Å². The maximum absolute atomic E-state index is 12.6. The molecule has 25 heavy (non-hydrogen) atoms. The minimum absolute atomic E-state index is 0.105. The van der Waals surface area contributed by atoms with Crippen molar-refractivity contribution in [2.45, 2.75) is 25.4 Å². The van der Waals surface area contributed by atoms with E-state index in [1.54, 1.807) is 0 Å². The Morgan fingerprint density at radius 2 is 1.68 bits per heavy atom. The van der Waals surface area contributed by atoms with Gasteiger partial charge in [0.25, 0.3) is 5.91 Å². The summed E-state index contributed by atoms with van der Waals surface area (Å²) in [6, 6.07) is 16.7. The van der Waals surface area contributed by atoms with Gasteiger partial charge in [0.05, 0.1) is 0 Å². The van der Waals surface area contributed by atoms with Crippen LogP contribution in [0.25, 0.3) is 0 Å². The zero-order valence-corrected chi connectivity index (χ0v) is 15.9. The molecule has 0 aliphatic rings. The number of benzene rings is 2. The number of nitrogens with one attached hydrogen (secondary N) is 2. The molecule has 0 spiro atoms. The fourth-order valence-corrected chi connectivity index (χ4v) is 2.95. The van der Waals surface area contributed by atoms with E-state index in [0.29, 0.717) is 0 Å². The number of imide groups is 1. The fourth-order valence-electron chi connectivity index (χ4n) is 2.69. The van der Waals surface area contributed by atoms with Crippen LogP contribution in [0.15, 0.2) is 59.1 Å². The Balaban J connectivity index is 2.26. The molecule has 0 aromatic heterocycles. The van der Waals surface area contributed by atoms with Crippen LogP contribution in [0.5, 0.6) is 0 Å². The van der Waals surface area contributed by atoms with Crippen molar-refractivity contribution in [1.82, 2.24) is 10.6 Å². The number of halogens is 1. The fraction of sp³-hybridized carbons (Fsp3) is 0.263. The molecule has 0 aliphatic carbocycles. The largest absolute Gasteiger partial charge is 0.341 e. The Morgan fingerprint density at radius 1 is 1.04 bits per heavy atom. The molecule has 6 heteroatoms. The molecule has 0 saturated heterocycles. The summed E-state index contributed by atoms with van der Waals surface area (Å²) in [5, 5.41) is 6.82. The molecule has 2 aromatic carbocycles. The summed E-state index contributed by atoms with van der Waals surface area (Å²) in [5.41, 5.74) is 2.00. The minimum atomic E-state index is -0.507. The molecule has 4 N–H and O–H groups in total. The lowest BCUT2D eigenvalue weighted by atomic mass is 10.00. The number of carbonyl (C=O) groups is 2. The van der Waals surface area contributed by atoms with Crippen molar-refractivity contribution in [2.24, 2.45) is 0 Å². The number of hydrogen-bond donors (Lipinski definition) is 3. The summed E-state index contributed by atoms with van der Waals surface area (Å²) in [7, 11) is 1.49. The van der Waals surface area contributed by atoms with Gasteiger partial charge in [-0.2, -0.15) is 0 Å². The molecule has 0 heterocycles. The highest BCUT2D eigenvalue weighted by Crippen LogP contribution is 2.18. The first-order chi connectivity index (χ1) is 12.0. The van der Waals surface area contributed by atoms with E-state index in [4.69, 9.17) is 0 Å². The lowest BCUT2D eigenvalue weighted by Gasteiger charge is -2.21. The zero-order valence-electron chi connectivity index (χ0n) is 14.3. The van der Waals surface area contributed by atoms with Gasteiger partial charge in [-0.1, -0.05) is 65.3 Å². The van der Waals surface area contributed by atoms with Crippen LogP contribution in [0.4, 0.5) is 4.79 Å². The number of hydrogen-bond acceptors (Lipinski definition) is 2. The van der Waals surface area contributed by atoms with E-state index in [-0.39, 0.29) is 11.9 Å². The summed E-state index contributed by atoms with van der Waals surface area (Å²) < 4.78 is 1.02. The van der Waals surface area contributed by atoms with Gasteiger partial charge in [0.15, 0.2) is 6.04 Å². The first kappa shape index (κ1) is 19.1. The number of rotatable bonds is 6. The van der Waals surface area contributed by atoms with Gasteiger partial charge in [-0.05, 0) is 12.1 Å². The van der Waals surface area contributed by atoms with Crippen LogP contribution in [0, 0.1) is 0 Å². The van der Waals surface area contributed by atoms with Gasteiger partial charge in [-0.25, -0.2) is 4.79 Å². The van der Waals surface area contributed by atoms with Crippen LogP contribution in [0.2, 0.25) is 0 Å². The molecule has 0 radical (unpaired) electrons. The quantitative estimate of drug-likeness (QED) is 0.691. The highest BCUT2D eigenvalue weighted by atomic mass is 79.9. The molecule has 2 aromatic rings. The summed E-state index contributed by atoms with van der Waals surface area (Å²) in [6.07, 6.45) is 0.859. The Morgan fingerprint density at radius 3 is 2.24 bits per heavy atom. The van der Waals surface area contributed by atoms with Crippen LogP contribution in [0.3, 0.4) is 0 Å². The normalized spacial score (nSPS) is 12.9. The van der Waals surface area contributed by atoms with Gasteiger partial charge in [-0.3, -0.25) is 10.1 Å². The molecule has 5 nitrogen and oxygen atoms in total. The number of amides is 3. The second-order valence-electron chi connectivity index (χ2n) is 5.72. The van der Waals surface area contributed by atoms with Crippen molar-refractivity contribution in [1.29, 1.82) is 0 Å². The first-order valence-corrected chi connectivity index (χ1v) is 9.02. The third-order valence-electron chi connectivity index (χ3n) is 4.07. The van der Waals surface area contributed by atoms with E-state index < -0.39 is 12.1 Å². The van der Waals surface area contributed by atoms with E-state index in [2.05, 4.69) is 33.5 Å². The minimum Gasteiger partial charge on any atom is -0.341 e. The molecule has 0 aliphatic heterocycles. The van der Waals surface area contributed by atoms with Crippen molar-refractivity contribution in [3.8, 4) is 0 Å². The van der Waals surface area contributed by atoms with Crippen molar-refractivity contribution >= 4 is 27.9 Å². The molecule has 0 saturated carbocycles. The Labute approximate surface area is 156 Å². The monoisotopic (exact) mass is 404 g/mol. The van der Waals surface area contributed by atoms with Crippen LogP contribution < -0.4 is 16.0 Å². The maximum Gasteiger partial charge on any atom is 0.321 e. The molecular formula is C19H23BrN3O2+. The average Bonchev–Trinajstić information content (AvgIpc) is 2.64. The van der Waals surface area contributed by atoms with Crippen LogP contribution in [-0.4, -0.2) is 19.0 Å². The Hall–Kier alpha value is -2.18. The smallest absolute Gasteiger partial charge is 0.321 e. The van der Waals surface area contributed by atoms with Gasteiger partial charge in [-0.15, -0.1) is 0 Å². The topological polar surface area (TPSA) is 74.8 Å². The maximum atomic E-state index is 12.6. The van der Waals surface area contributed by atoms with Gasteiger partial charge < -0.3 is 10.6 Å². The van der Waals surface area contributed by atoms with Crippen LogP contribution in [0.1, 0.15) is 36.6 Å². The second-order valence-corrected chi connectivity index (χ2v) is 6.63. The lowest BCUT2D eigenvalue weighted by molar-refractivity contribution is -0.722. The summed E-state index contributed by atoms with van der Waals surface area (Å²) in [4.78, 5) is 24.2. The molecule has 2 atom stereocenters. The van der Waals surface area contributed by atoms with Crippen molar-refractivity contribution in [3.05, 3.63) is 70.2 Å². The summed E-state index contributed by atoms with van der Waals surface area (Å²) >= 11 is 3.44. The first-order valence-electron chi connectivity index (χ1n) is 8.23. The predicted molar refractivity (Wildman–Crippen MR) is 101 cm³/mol. The third-order valence-corrected chi connectivity index (χ3v) is 4.60. The third kappa shape index (κ3) is 5.41. The number of urea groups is 1. The van der Waals surface area contributed by atoms with Gasteiger partial charge in [0.2, 0.25) is 0 Å². The van der Waals surface area contributed by atoms with E-state index in [0.717, 1.165) is 22.0 Å². The number of quaternary nitrogens is 1. The predicted octanol–water partition coefficient (Wildman–Crippen LogP) is 2.66. The lowest BCUT2D eigenvalue weighted by Crippen LogP contribution is -2.88. The van der Waals surface area contributed by atoms with Crippen molar-refractivity contribution in [3.63, 3.8) is 0 Å². The van der Waals surface area contributed by atoms with Gasteiger partial charge in [0, 0.05) is 29.1 Å². The second kappa shape index (κ2) is 9.34.